The minimum Gasteiger partial charge on any atom is -0.507 e. The summed E-state index contributed by atoms with van der Waals surface area (Å²) in [5, 5.41) is 11.3. The van der Waals surface area contributed by atoms with Crippen molar-refractivity contribution in [1.82, 2.24) is 0 Å². The highest BCUT2D eigenvalue weighted by molar-refractivity contribution is 6.51. The van der Waals surface area contributed by atoms with Crippen molar-refractivity contribution in [2.45, 2.75) is 26.8 Å². The zero-order chi connectivity index (χ0) is 23.0. The highest BCUT2D eigenvalue weighted by atomic mass is 16.5. The third-order valence-corrected chi connectivity index (χ3v) is 5.84. The smallest absolute Gasteiger partial charge is 0.300 e. The van der Waals surface area contributed by atoms with Gasteiger partial charge in [0.1, 0.15) is 11.5 Å². The Morgan fingerprint density at radius 1 is 0.875 bits per heavy atom. The maximum absolute atomic E-state index is 13.2. The molecule has 0 radical (unpaired) electrons. The van der Waals surface area contributed by atoms with E-state index in [0.29, 0.717) is 22.6 Å². The van der Waals surface area contributed by atoms with Gasteiger partial charge in [-0.1, -0.05) is 47.5 Å². The Hall–Kier alpha value is -3.86. The second kappa shape index (κ2) is 8.35. The summed E-state index contributed by atoms with van der Waals surface area (Å²) in [5.41, 5.74) is 4.74. The maximum atomic E-state index is 13.2. The molecular weight excluding hydrogens is 402 g/mol. The van der Waals surface area contributed by atoms with E-state index >= 15 is 0 Å². The zero-order valence-corrected chi connectivity index (χ0v) is 18.5. The molecule has 0 aliphatic carbocycles. The molecule has 1 amide bonds. The van der Waals surface area contributed by atoms with Crippen LogP contribution in [-0.2, 0) is 9.59 Å². The molecule has 5 nitrogen and oxygen atoms in total. The number of methoxy groups -OCH3 is 1. The van der Waals surface area contributed by atoms with Gasteiger partial charge in [-0.2, -0.15) is 0 Å². The van der Waals surface area contributed by atoms with Crippen LogP contribution in [0.25, 0.3) is 5.76 Å². The molecule has 3 aromatic rings. The van der Waals surface area contributed by atoms with Crippen molar-refractivity contribution in [3.63, 3.8) is 0 Å². The number of rotatable bonds is 4. The van der Waals surface area contributed by atoms with E-state index < -0.39 is 17.7 Å². The van der Waals surface area contributed by atoms with E-state index in [1.165, 1.54) is 4.90 Å². The number of ketones is 1. The minimum atomic E-state index is -0.761. The van der Waals surface area contributed by atoms with Gasteiger partial charge in [0.15, 0.2) is 0 Å². The normalized spacial score (nSPS) is 17.6. The topological polar surface area (TPSA) is 66.8 Å². The number of nitrogens with zero attached hydrogens (tertiary/aromatic N) is 1. The first kappa shape index (κ1) is 21.4. The maximum Gasteiger partial charge on any atom is 0.300 e. The van der Waals surface area contributed by atoms with Gasteiger partial charge in [-0.3, -0.25) is 14.5 Å². The highest BCUT2D eigenvalue weighted by Gasteiger charge is 2.47. The number of carbonyl (C=O) groups excluding carboxylic acids is 2. The van der Waals surface area contributed by atoms with E-state index in [-0.39, 0.29) is 11.3 Å². The van der Waals surface area contributed by atoms with Crippen LogP contribution in [0.1, 0.15) is 33.9 Å². The molecule has 1 saturated heterocycles. The predicted octanol–water partition coefficient (Wildman–Crippen LogP) is 5.25. The molecule has 0 saturated carbocycles. The molecule has 162 valence electrons. The monoisotopic (exact) mass is 427 g/mol. The third-order valence-electron chi connectivity index (χ3n) is 5.84. The van der Waals surface area contributed by atoms with Crippen molar-refractivity contribution < 1.29 is 19.4 Å². The first-order valence-electron chi connectivity index (χ1n) is 10.4. The molecule has 0 spiro atoms. The number of aliphatic hydroxyl groups is 1. The Morgan fingerprint density at radius 2 is 1.50 bits per heavy atom. The predicted molar refractivity (Wildman–Crippen MR) is 125 cm³/mol. The Kier molecular flexibility index (Phi) is 5.57. The molecule has 32 heavy (non-hydrogen) atoms. The molecule has 0 bridgehead atoms. The van der Waals surface area contributed by atoms with Crippen LogP contribution in [0.3, 0.4) is 0 Å². The summed E-state index contributed by atoms with van der Waals surface area (Å²) in [6, 6.07) is 19.5. The summed E-state index contributed by atoms with van der Waals surface area (Å²) in [6.07, 6.45) is 0. The molecule has 1 unspecified atom stereocenters. The lowest BCUT2D eigenvalue weighted by molar-refractivity contribution is -0.132. The summed E-state index contributed by atoms with van der Waals surface area (Å²) in [7, 11) is 1.58. The fourth-order valence-electron chi connectivity index (χ4n) is 4.04. The highest BCUT2D eigenvalue weighted by Crippen LogP contribution is 2.42. The number of carbonyl (C=O) groups is 2. The molecule has 1 atom stereocenters. The number of Topliss-reactive ketones (excluding diaryl/α,β-unsaturated/α-hetero) is 1. The lowest BCUT2D eigenvalue weighted by atomic mass is 9.93. The summed E-state index contributed by atoms with van der Waals surface area (Å²) >= 11 is 0. The van der Waals surface area contributed by atoms with Gasteiger partial charge in [-0.15, -0.1) is 0 Å². The molecule has 0 aromatic heterocycles. The van der Waals surface area contributed by atoms with Gasteiger partial charge in [0.05, 0.1) is 18.7 Å². The minimum absolute atomic E-state index is 0.0782. The third kappa shape index (κ3) is 3.66. The molecule has 4 rings (SSSR count). The average molecular weight is 428 g/mol. The number of aliphatic hydroxyl groups excluding tert-OH is 1. The lowest BCUT2D eigenvalue weighted by Crippen LogP contribution is -2.29. The largest absolute Gasteiger partial charge is 0.507 e. The van der Waals surface area contributed by atoms with Gasteiger partial charge in [0.2, 0.25) is 0 Å². The Bertz CT molecular complexity index is 1220. The van der Waals surface area contributed by atoms with E-state index in [4.69, 9.17) is 4.74 Å². The number of aryl methyl sites for hydroxylation is 3. The molecule has 1 heterocycles. The standard InChI is InChI=1S/C27H25NO4/c1-16-6-11-20(12-7-16)28-24(19-9-13-21(32-4)14-10-19)23(26(30)27(28)31)25(29)22-15-17(2)5-8-18(22)3/h5-15,24,29H,1-4H3/b25-23+. The van der Waals surface area contributed by atoms with Crippen LogP contribution in [0.5, 0.6) is 5.75 Å². The van der Waals surface area contributed by atoms with E-state index in [9.17, 15) is 14.7 Å². The molecule has 1 N–H and O–H groups in total. The Balaban J connectivity index is 1.96. The molecule has 1 aliphatic heterocycles. The van der Waals surface area contributed by atoms with E-state index in [1.54, 1.807) is 19.2 Å². The van der Waals surface area contributed by atoms with Crippen LogP contribution < -0.4 is 9.64 Å². The van der Waals surface area contributed by atoms with Crippen LogP contribution in [0.4, 0.5) is 5.69 Å². The Labute approximate surface area is 187 Å². The average Bonchev–Trinajstić information content (AvgIpc) is 3.06. The summed E-state index contributed by atoms with van der Waals surface area (Å²) in [4.78, 5) is 27.9. The zero-order valence-electron chi connectivity index (χ0n) is 18.5. The lowest BCUT2D eigenvalue weighted by Gasteiger charge is -2.26. The first-order valence-corrected chi connectivity index (χ1v) is 10.4. The van der Waals surface area contributed by atoms with Crippen molar-refractivity contribution in [2.75, 3.05) is 12.0 Å². The summed E-state index contributed by atoms with van der Waals surface area (Å²) in [5.74, 6) is -0.873. The molecule has 5 heteroatoms. The van der Waals surface area contributed by atoms with Crippen LogP contribution >= 0.6 is 0 Å². The summed E-state index contributed by atoms with van der Waals surface area (Å²) in [6.45, 7) is 5.74. The van der Waals surface area contributed by atoms with Crippen molar-refractivity contribution in [3.05, 3.63) is 100 Å². The van der Waals surface area contributed by atoms with Crippen LogP contribution in [0, 0.1) is 20.8 Å². The second-order valence-corrected chi connectivity index (χ2v) is 8.10. The van der Waals surface area contributed by atoms with Gasteiger partial charge >= 0.3 is 0 Å². The van der Waals surface area contributed by atoms with Crippen molar-refractivity contribution in [2.24, 2.45) is 0 Å². The van der Waals surface area contributed by atoms with Crippen LogP contribution in [0.15, 0.2) is 72.3 Å². The number of ether oxygens (including phenoxy) is 1. The van der Waals surface area contributed by atoms with E-state index in [2.05, 4.69) is 0 Å². The van der Waals surface area contributed by atoms with Crippen molar-refractivity contribution in [3.8, 4) is 5.75 Å². The van der Waals surface area contributed by atoms with Crippen LogP contribution in [-0.4, -0.2) is 23.9 Å². The van der Waals surface area contributed by atoms with E-state index in [0.717, 1.165) is 16.7 Å². The molecule has 1 fully saturated rings. The van der Waals surface area contributed by atoms with Gasteiger partial charge in [0.25, 0.3) is 11.7 Å². The number of amides is 1. The quantitative estimate of drug-likeness (QED) is 0.351. The van der Waals surface area contributed by atoms with Crippen molar-refractivity contribution in [1.29, 1.82) is 0 Å². The molecule has 3 aromatic carbocycles. The molecular formula is C27H25NO4. The summed E-state index contributed by atoms with van der Waals surface area (Å²) < 4.78 is 5.26. The fourth-order valence-corrected chi connectivity index (χ4v) is 4.04. The number of anilines is 1. The van der Waals surface area contributed by atoms with E-state index in [1.807, 2.05) is 75.4 Å². The molecule has 1 aliphatic rings. The van der Waals surface area contributed by atoms with Crippen LogP contribution in [0.2, 0.25) is 0 Å². The fraction of sp³-hybridized carbons (Fsp3) is 0.185. The number of hydrogen-bond acceptors (Lipinski definition) is 4. The number of hydrogen-bond donors (Lipinski definition) is 1. The van der Waals surface area contributed by atoms with Gasteiger partial charge in [-0.05, 0) is 62.2 Å². The number of benzene rings is 3. The van der Waals surface area contributed by atoms with Gasteiger partial charge < -0.3 is 9.84 Å². The van der Waals surface area contributed by atoms with Gasteiger partial charge in [0, 0.05) is 11.3 Å². The van der Waals surface area contributed by atoms with Gasteiger partial charge in [-0.25, -0.2) is 0 Å². The second-order valence-electron chi connectivity index (χ2n) is 8.10. The first-order chi connectivity index (χ1) is 15.3. The van der Waals surface area contributed by atoms with Crippen molar-refractivity contribution >= 4 is 23.1 Å². The Morgan fingerprint density at radius 3 is 2.12 bits per heavy atom. The SMILES string of the molecule is COc1ccc(C2/C(=C(\O)c3cc(C)ccc3C)C(=O)C(=O)N2c2ccc(C)cc2)cc1.